The summed E-state index contributed by atoms with van der Waals surface area (Å²) in [5.74, 6) is 0.755. The zero-order valence-electron chi connectivity index (χ0n) is 10.7. The standard InChI is InChI=1S/C14H23N3/c1-2-9-16-14(12-6-4-3-5-7-12)13-8-10-15-11-17-13/h8,10-12,14,16H,2-7,9H2,1H3. The Bertz CT molecular complexity index is 307. The van der Waals surface area contributed by atoms with Crippen molar-refractivity contribution in [3.8, 4) is 0 Å². The normalized spacial score (nSPS) is 19.1. The van der Waals surface area contributed by atoms with Gasteiger partial charge in [0.25, 0.3) is 0 Å². The lowest BCUT2D eigenvalue weighted by Gasteiger charge is -2.30. The Morgan fingerprint density at radius 2 is 2.18 bits per heavy atom. The fraction of sp³-hybridized carbons (Fsp3) is 0.714. The predicted molar refractivity (Wildman–Crippen MR) is 69.6 cm³/mol. The van der Waals surface area contributed by atoms with Crippen LogP contribution >= 0.6 is 0 Å². The summed E-state index contributed by atoms with van der Waals surface area (Å²) in [5.41, 5.74) is 1.17. The number of rotatable bonds is 5. The summed E-state index contributed by atoms with van der Waals surface area (Å²) < 4.78 is 0. The Morgan fingerprint density at radius 3 is 2.82 bits per heavy atom. The van der Waals surface area contributed by atoms with Crippen LogP contribution in [0.2, 0.25) is 0 Å². The fourth-order valence-corrected chi connectivity index (χ4v) is 2.76. The summed E-state index contributed by atoms with van der Waals surface area (Å²) >= 11 is 0. The van der Waals surface area contributed by atoms with E-state index < -0.39 is 0 Å². The van der Waals surface area contributed by atoms with Crippen molar-refractivity contribution in [2.45, 2.75) is 51.5 Å². The third kappa shape index (κ3) is 3.50. The minimum Gasteiger partial charge on any atom is -0.308 e. The van der Waals surface area contributed by atoms with Gasteiger partial charge in [0.2, 0.25) is 0 Å². The molecule has 94 valence electrons. The zero-order valence-corrected chi connectivity index (χ0v) is 10.7. The molecule has 0 saturated heterocycles. The van der Waals surface area contributed by atoms with Crippen molar-refractivity contribution >= 4 is 0 Å². The minimum absolute atomic E-state index is 0.429. The first-order chi connectivity index (χ1) is 8.42. The van der Waals surface area contributed by atoms with Crippen LogP contribution in [0.15, 0.2) is 18.6 Å². The second-order valence-corrected chi connectivity index (χ2v) is 4.96. The molecule has 1 heterocycles. The predicted octanol–water partition coefficient (Wildman–Crippen LogP) is 3.10. The summed E-state index contributed by atoms with van der Waals surface area (Å²) in [6, 6.07) is 2.49. The first-order valence-electron chi connectivity index (χ1n) is 6.91. The molecular weight excluding hydrogens is 210 g/mol. The van der Waals surface area contributed by atoms with Crippen molar-refractivity contribution in [1.82, 2.24) is 15.3 Å². The number of aromatic nitrogens is 2. The molecule has 1 aromatic rings. The van der Waals surface area contributed by atoms with Crippen LogP contribution in [0.3, 0.4) is 0 Å². The van der Waals surface area contributed by atoms with Gasteiger partial charge in [0.1, 0.15) is 6.33 Å². The molecule has 1 atom stereocenters. The smallest absolute Gasteiger partial charge is 0.115 e. The highest BCUT2D eigenvalue weighted by atomic mass is 15.0. The van der Waals surface area contributed by atoms with Gasteiger partial charge in [-0.3, -0.25) is 0 Å². The van der Waals surface area contributed by atoms with Crippen LogP contribution in [0, 0.1) is 5.92 Å². The third-order valence-corrected chi connectivity index (χ3v) is 3.66. The van der Waals surface area contributed by atoms with Crippen molar-refractivity contribution in [2.24, 2.45) is 5.92 Å². The van der Waals surface area contributed by atoms with Gasteiger partial charge in [0.05, 0.1) is 11.7 Å². The number of hydrogen-bond donors (Lipinski definition) is 1. The summed E-state index contributed by atoms with van der Waals surface area (Å²) in [6.07, 6.45) is 11.5. The van der Waals surface area contributed by atoms with Crippen molar-refractivity contribution in [3.05, 3.63) is 24.3 Å². The Kier molecular flexibility index (Phi) is 4.92. The molecule has 0 bridgehead atoms. The molecule has 0 aliphatic heterocycles. The van der Waals surface area contributed by atoms with Gasteiger partial charge in [0, 0.05) is 6.20 Å². The van der Waals surface area contributed by atoms with Crippen molar-refractivity contribution in [1.29, 1.82) is 0 Å². The van der Waals surface area contributed by atoms with E-state index in [2.05, 4.69) is 28.3 Å². The second-order valence-electron chi connectivity index (χ2n) is 4.96. The zero-order chi connectivity index (χ0) is 11.9. The Hall–Kier alpha value is -0.960. The van der Waals surface area contributed by atoms with Crippen molar-refractivity contribution < 1.29 is 0 Å². The second kappa shape index (κ2) is 6.70. The maximum Gasteiger partial charge on any atom is 0.115 e. The van der Waals surface area contributed by atoms with Crippen molar-refractivity contribution in [3.63, 3.8) is 0 Å². The van der Waals surface area contributed by atoms with E-state index in [4.69, 9.17) is 0 Å². The van der Waals surface area contributed by atoms with E-state index in [0.29, 0.717) is 6.04 Å². The van der Waals surface area contributed by atoms with Crippen LogP contribution in [0.1, 0.15) is 57.2 Å². The van der Waals surface area contributed by atoms with Crippen LogP contribution in [0.25, 0.3) is 0 Å². The van der Waals surface area contributed by atoms with Crippen LogP contribution in [0.5, 0.6) is 0 Å². The van der Waals surface area contributed by atoms with Gasteiger partial charge in [-0.1, -0.05) is 26.2 Å². The highest BCUT2D eigenvalue weighted by Crippen LogP contribution is 2.33. The molecule has 0 aromatic carbocycles. The van der Waals surface area contributed by atoms with Gasteiger partial charge >= 0.3 is 0 Å². The lowest BCUT2D eigenvalue weighted by atomic mass is 9.82. The van der Waals surface area contributed by atoms with E-state index in [-0.39, 0.29) is 0 Å². The lowest BCUT2D eigenvalue weighted by Crippen LogP contribution is -2.31. The van der Waals surface area contributed by atoms with E-state index in [1.165, 1.54) is 44.2 Å². The van der Waals surface area contributed by atoms with Gasteiger partial charge in [-0.05, 0) is 37.8 Å². The first kappa shape index (κ1) is 12.5. The van der Waals surface area contributed by atoms with E-state index in [1.54, 1.807) is 6.33 Å². The molecule has 3 heteroatoms. The minimum atomic E-state index is 0.429. The molecule has 17 heavy (non-hydrogen) atoms. The average molecular weight is 233 g/mol. The maximum absolute atomic E-state index is 4.43. The van der Waals surface area contributed by atoms with Crippen LogP contribution in [0.4, 0.5) is 0 Å². The molecule has 0 amide bonds. The SMILES string of the molecule is CCCNC(c1ccncn1)C1CCCCC1. The number of hydrogen-bond acceptors (Lipinski definition) is 3. The summed E-state index contributed by atoms with van der Waals surface area (Å²) in [4.78, 5) is 8.45. The topological polar surface area (TPSA) is 37.8 Å². The van der Waals surface area contributed by atoms with Gasteiger partial charge < -0.3 is 5.32 Å². The summed E-state index contributed by atoms with van der Waals surface area (Å²) in [6.45, 7) is 3.29. The number of nitrogens with zero attached hydrogens (tertiary/aromatic N) is 2. The number of nitrogens with one attached hydrogen (secondary N) is 1. The molecule has 2 rings (SSSR count). The van der Waals surface area contributed by atoms with Crippen LogP contribution < -0.4 is 5.32 Å². The van der Waals surface area contributed by atoms with Gasteiger partial charge in [-0.2, -0.15) is 0 Å². The van der Waals surface area contributed by atoms with E-state index in [0.717, 1.165) is 12.5 Å². The Labute approximate surface area is 104 Å². The highest BCUT2D eigenvalue weighted by Gasteiger charge is 2.25. The molecule has 0 spiro atoms. The monoisotopic (exact) mass is 233 g/mol. The van der Waals surface area contributed by atoms with Gasteiger partial charge in [0.15, 0.2) is 0 Å². The van der Waals surface area contributed by atoms with Crippen LogP contribution in [-0.4, -0.2) is 16.5 Å². The lowest BCUT2D eigenvalue weighted by molar-refractivity contribution is 0.268. The average Bonchev–Trinajstić information content (AvgIpc) is 2.42. The van der Waals surface area contributed by atoms with Gasteiger partial charge in [-0.15, -0.1) is 0 Å². The van der Waals surface area contributed by atoms with E-state index in [9.17, 15) is 0 Å². The molecule has 0 radical (unpaired) electrons. The molecule has 1 N–H and O–H groups in total. The third-order valence-electron chi connectivity index (χ3n) is 3.66. The highest BCUT2D eigenvalue weighted by molar-refractivity contribution is 5.06. The quantitative estimate of drug-likeness (QED) is 0.849. The van der Waals surface area contributed by atoms with Gasteiger partial charge in [-0.25, -0.2) is 9.97 Å². The van der Waals surface area contributed by atoms with E-state index >= 15 is 0 Å². The molecule has 3 nitrogen and oxygen atoms in total. The molecule has 1 fully saturated rings. The Balaban J connectivity index is 2.06. The molecule has 1 aliphatic rings. The molecule has 1 unspecified atom stereocenters. The maximum atomic E-state index is 4.43. The molecule has 1 aliphatic carbocycles. The fourth-order valence-electron chi connectivity index (χ4n) is 2.76. The molecule has 1 aromatic heterocycles. The summed E-state index contributed by atoms with van der Waals surface area (Å²) in [7, 11) is 0. The van der Waals surface area contributed by atoms with Crippen LogP contribution in [-0.2, 0) is 0 Å². The Morgan fingerprint density at radius 1 is 1.35 bits per heavy atom. The molecular formula is C14H23N3. The molecule has 1 saturated carbocycles. The first-order valence-corrected chi connectivity index (χ1v) is 6.91. The largest absolute Gasteiger partial charge is 0.308 e. The van der Waals surface area contributed by atoms with E-state index in [1.807, 2.05) is 6.20 Å². The summed E-state index contributed by atoms with van der Waals surface area (Å²) in [5, 5.41) is 3.67. The van der Waals surface area contributed by atoms with Crippen molar-refractivity contribution in [2.75, 3.05) is 6.54 Å².